The largest absolute Gasteiger partial charge is 0.497 e. The highest BCUT2D eigenvalue weighted by Crippen LogP contribution is 2.21. The summed E-state index contributed by atoms with van der Waals surface area (Å²) in [6.45, 7) is 1.97. The number of nitriles is 1. The second kappa shape index (κ2) is 6.64. The van der Waals surface area contributed by atoms with Gasteiger partial charge >= 0.3 is 0 Å². The number of nitrogens with zero attached hydrogens (tertiary/aromatic N) is 2. The van der Waals surface area contributed by atoms with Crippen LogP contribution in [0, 0.1) is 18.3 Å². The minimum absolute atomic E-state index is 0.0651. The fourth-order valence-corrected chi connectivity index (χ4v) is 2.19. The van der Waals surface area contributed by atoms with Crippen LogP contribution in [0.1, 0.15) is 11.4 Å². The molecule has 0 unspecified atom stereocenters. The Balaban J connectivity index is 2.50. The van der Waals surface area contributed by atoms with E-state index in [-0.39, 0.29) is 5.57 Å². The zero-order valence-corrected chi connectivity index (χ0v) is 12.8. The Hall–Kier alpha value is -3.00. The Bertz CT molecular complexity index is 749. The molecule has 5 nitrogen and oxygen atoms in total. The number of ether oxygens (including phenoxy) is 1. The minimum Gasteiger partial charge on any atom is -0.497 e. The maximum absolute atomic E-state index is 11.7. The van der Waals surface area contributed by atoms with E-state index in [0.29, 0.717) is 0 Å². The van der Waals surface area contributed by atoms with Crippen molar-refractivity contribution >= 4 is 12.0 Å². The Morgan fingerprint density at radius 2 is 1.95 bits per heavy atom. The number of amides is 1. The number of nitrogens with one attached hydrogen (secondary N) is 1. The molecule has 0 bridgehead atoms. The quantitative estimate of drug-likeness (QED) is 0.696. The van der Waals surface area contributed by atoms with Crippen molar-refractivity contribution in [3.8, 4) is 17.5 Å². The molecule has 1 aromatic carbocycles. The third-order valence-corrected chi connectivity index (χ3v) is 3.32. The molecule has 0 spiro atoms. The van der Waals surface area contributed by atoms with Crippen LogP contribution in [-0.2, 0) is 4.79 Å². The van der Waals surface area contributed by atoms with Crippen molar-refractivity contribution in [1.29, 1.82) is 5.26 Å². The van der Waals surface area contributed by atoms with Crippen LogP contribution in [0.25, 0.3) is 11.8 Å². The first kappa shape index (κ1) is 15.4. The highest BCUT2D eigenvalue weighted by Gasteiger charge is 2.10. The van der Waals surface area contributed by atoms with Gasteiger partial charge in [0.2, 0.25) is 0 Å². The van der Waals surface area contributed by atoms with E-state index in [1.165, 1.54) is 7.05 Å². The molecule has 0 fully saturated rings. The van der Waals surface area contributed by atoms with Crippen LogP contribution in [-0.4, -0.2) is 24.6 Å². The lowest BCUT2D eigenvalue weighted by Crippen LogP contribution is -2.19. The second-order valence-corrected chi connectivity index (χ2v) is 4.68. The number of benzene rings is 1. The fraction of sp³-hybridized carbons (Fsp3) is 0.176. The first-order chi connectivity index (χ1) is 10.6. The lowest BCUT2D eigenvalue weighted by Gasteiger charge is -2.11. The molecule has 112 valence electrons. The molecule has 2 rings (SSSR count). The van der Waals surface area contributed by atoms with E-state index in [1.54, 1.807) is 13.2 Å². The zero-order chi connectivity index (χ0) is 16.1. The number of hydrogen-bond donors (Lipinski definition) is 1. The molecule has 0 radical (unpaired) electrons. The maximum atomic E-state index is 11.7. The molecule has 0 saturated carbocycles. The van der Waals surface area contributed by atoms with E-state index < -0.39 is 5.91 Å². The molecule has 22 heavy (non-hydrogen) atoms. The van der Waals surface area contributed by atoms with Crippen LogP contribution >= 0.6 is 0 Å². The molecule has 1 N–H and O–H groups in total. The Kier molecular flexibility index (Phi) is 4.64. The number of carbonyl (C=O) groups is 1. The molecule has 0 atom stereocenters. The van der Waals surface area contributed by atoms with Crippen molar-refractivity contribution in [3.63, 3.8) is 0 Å². The summed E-state index contributed by atoms with van der Waals surface area (Å²) >= 11 is 0. The number of methoxy groups -OCH3 is 1. The van der Waals surface area contributed by atoms with Gasteiger partial charge in [0.25, 0.3) is 5.91 Å². The summed E-state index contributed by atoms with van der Waals surface area (Å²) < 4.78 is 7.13. The van der Waals surface area contributed by atoms with Crippen molar-refractivity contribution < 1.29 is 9.53 Å². The van der Waals surface area contributed by atoms with Gasteiger partial charge in [0, 0.05) is 24.1 Å². The van der Waals surface area contributed by atoms with Gasteiger partial charge in [-0.25, -0.2) is 0 Å². The number of likely N-dealkylation sites (N-methyl/N-ethyl adjacent to an activating group) is 1. The Morgan fingerprint density at radius 1 is 1.27 bits per heavy atom. The van der Waals surface area contributed by atoms with Crippen molar-refractivity contribution in [3.05, 3.63) is 53.4 Å². The predicted octanol–water partition coefficient (Wildman–Crippen LogP) is 2.45. The molecule has 0 aliphatic rings. The summed E-state index contributed by atoms with van der Waals surface area (Å²) in [5, 5.41) is 11.6. The number of rotatable bonds is 4. The molecule has 0 saturated heterocycles. The molecule has 1 heterocycles. The zero-order valence-electron chi connectivity index (χ0n) is 12.8. The van der Waals surface area contributed by atoms with E-state index >= 15 is 0 Å². The second-order valence-electron chi connectivity index (χ2n) is 4.68. The van der Waals surface area contributed by atoms with Gasteiger partial charge in [-0.05, 0) is 49.4 Å². The molecule has 0 aliphatic heterocycles. The SMILES string of the molecule is CNC(=O)/C(C#N)=C\c1ccc(C)n1-c1ccc(OC)cc1. The minimum atomic E-state index is -0.400. The van der Waals surface area contributed by atoms with E-state index in [0.717, 1.165) is 22.8 Å². The van der Waals surface area contributed by atoms with Gasteiger partial charge in [-0.15, -0.1) is 0 Å². The summed E-state index contributed by atoms with van der Waals surface area (Å²) in [5.74, 6) is 0.372. The summed E-state index contributed by atoms with van der Waals surface area (Å²) in [4.78, 5) is 11.7. The van der Waals surface area contributed by atoms with E-state index in [1.807, 2.05) is 54.0 Å². The van der Waals surface area contributed by atoms with Gasteiger partial charge in [0.1, 0.15) is 17.4 Å². The number of aryl methyl sites for hydroxylation is 1. The van der Waals surface area contributed by atoms with Crippen molar-refractivity contribution in [2.24, 2.45) is 0 Å². The normalized spacial score (nSPS) is 10.9. The lowest BCUT2D eigenvalue weighted by atomic mass is 10.2. The van der Waals surface area contributed by atoms with Gasteiger partial charge < -0.3 is 14.6 Å². The summed E-state index contributed by atoms with van der Waals surface area (Å²) in [5.41, 5.74) is 2.77. The summed E-state index contributed by atoms with van der Waals surface area (Å²) in [6.07, 6.45) is 1.58. The third-order valence-electron chi connectivity index (χ3n) is 3.32. The molecular weight excluding hydrogens is 278 g/mol. The number of aromatic nitrogens is 1. The van der Waals surface area contributed by atoms with E-state index in [4.69, 9.17) is 10.00 Å². The van der Waals surface area contributed by atoms with Gasteiger partial charge in [0.15, 0.2) is 0 Å². The van der Waals surface area contributed by atoms with Crippen molar-refractivity contribution in [2.45, 2.75) is 6.92 Å². The molecular formula is C17H17N3O2. The first-order valence-corrected chi connectivity index (χ1v) is 6.77. The van der Waals surface area contributed by atoms with Crippen LogP contribution < -0.4 is 10.1 Å². The smallest absolute Gasteiger partial charge is 0.261 e. The third kappa shape index (κ3) is 3.01. The monoisotopic (exact) mass is 295 g/mol. The lowest BCUT2D eigenvalue weighted by molar-refractivity contribution is -0.116. The van der Waals surface area contributed by atoms with Crippen molar-refractivity contribution in [2.75, 3.05) is 14.2 Å². The van der Waals surface area contributed by atoms with Crippen LogP contribution in [0.4, 0.5) is 0 Å². The highest BCUT2D eigenvalue weighted by molar-refractivity contribution is 6.01. The molecule has 5 heteroatoms. The Labute approximate surface area is 129 Å². The van der Waals surface area contributed by atoms with Crippen LogP contribution in [0.15, 0.2) is 42.0 Å². The topological polar surface area (TPSA) is 67.0 Å². The van der Waals surface area contributed by atoms with Crippen LogP contribution in [0.2, 0.25) is 0 Å². The van der Waals surface area contributed by atoms with Gasteiger partial charge in [-0.2, -0.15) is 5.26 Å². The maximum Gasteiger partial charge on any atom is 0.261 e. The number of carbonyl (C=O) groups excluding carboxylic acids is 1. The van der Waals surface area contributed by atoms with Crippen molar-refractivity contribution in [1.82, 2.24) is 9.88 Å². The Morgan fingerprint density at radius 3 is 2.50 bits per heavy atom. The number of hydrogen-bond acceptors (Lipinski definition) is 3. The molecule has 1 aromatic heterocycles. The van der Waals surface area contributed by atoms with E-state index in [2.05, 4.69) is 5.32 Å². The molecule has 1 amide bonds. The average molecular weight is 295 g/mol. The van der Waals surface area contributed by atoms with Gasteiger partial charge in [0.05, 0.1) is 7.11 Å². The standard InChI is InChI=1S/C17H17N3O2/c1-12-4-5-15(10-13(11-18)17(21)19-2)20(12)14-6-8-16(22-3)9-7-14/h4-10H,1-3H3,(H,19,21)/b13-10-. The summed E-state index contributed by atoms with van der Waals surface area (Å²) in [7, 11) is 3.12. The molecule has 0 aliphatic carbocycles. The van der Waals surface area contributed by atoms with Crippen LogP contribution in [0.3, 0.4) is 0 Å². The van der Waals surface area contributed by atoms with E-state index in [9.17, 15) is 4.79 Å². The van der Waals surface area contributed by atoms with Crippen LogP contribution in [0.5, 0.6) is 5.75 Å². The fourth-order valence-electron chi connectivity index (χ4n) is 2.19. The van der Waals surface area contributed by atoms with Gasteiger partial charge in [-0.3, -0.25) is 4.79 Å². The predicted molar refractivity (Wildman–Crippen MR) is 84.7 cm³/mol. The van der Waals surface area contributed by atoms with Gasteiger partial charge in [-0.1, -0.05) is 0 Å². The highest BCUT2D eigenvalue weighted by atomic mass is 16.5. The molecule has 2 aromatic rings. The first-order valence-electron chi connectivity index (χ1n) is 6.77. The average Bonchev–Trinajstić information content (AvgIpc) is 2.92. The summed E-state index contributed by atoms with van der Waals surface area (Å²) in [6, 6.07) is 13.3.